The van der Waals surface area contributed by atoms with E-state index in [0.717, 1.165) is 0 Å². The van der Waals surface area contributed by atoms with Crippen LogP contribution >= 0.6 is 0 Å². The zero-order valence-electron chi connectivity index (χ0n) is 11.9. The molecule has 20 heavy (non-hydrogen) atoms. The molecule has 6 heteroatoms. The predicted molar refractivity (Wildman–Crippen MR) is 74.6 cm³/mol. The highest BCUT2D eigenvalue weighted by Crippen LogP contribution is 2.22. The minimum absolute atomic E-state index is 0.110. The van der Waals surface area contributed by atoms with Crippen LogP contribution in [0.4, 0.5) is 0 Å². The number of carbonyl (C=O) groups excluding carboxylic acids is 1. The van der Waals surface area contributed by atoms with Crippen molar-refractivity contribution in [3.8, 4) is 0 Å². The van der Waals surface area contributed by atoms with Gasteiger partial charge in [0.25, 0.3) is 5.91 Å². The molecule has 0 aromatic carbocycles. The number of carbonyl (C=O) groups is 2. The van der Waals surface area contributed by atoms with E-state index in [1.165, 1.54) is 18.3 Å². The highest BCUT2D eigenvalue weighted by Gasteiger charge is 2.23. The quantitative estimate of drug-likeness (QED) is 0.758. The Morgan fingerprint density at radius 3 is 2.55 bits per heavy atom. The molecule has 0 saturated heterocycles. The Morgan fingerprint density at radius 2 is 2.05 bits per heavy atom. The second-order valence-corrected chi connectivity index (χ2v) is 5.97. The van der Waals surface area contributed by atoms with Gasteiger partial charge in [0.15, 0.2) is 0 Å². The molecule has 3 N–H and O–H groups in total. The van der Waals surface area contributed by atoms with Crippen LogP contribution in [0.25, 0.3) is 0 Å². The predicted octanol–water partition coefficient (Wildman–Crippen LogP) is 1.38. The lowest BCUT2D eigenvalue weighted by atomic mass is 9.87. The van der Waals surface area contributed by atoms with Gasteiger partial charge in [-0.1, -0.05) is 20.8 Å². The average molecular weight is 280 g/mol. The Bertz CT molecular complexity index is 543. The molecular formula is C14H20N2O4. The maximum Gasteiger partial charge on any atom is 0.305 e. The summed E-state index contributed by atoms with van der Waals surface area (Å²) in [5.41, 5.74) is -0.261. The van der Waals surface area contributed by atoms with Crippen LogP contribution in [-0.4, -0.2) is 28.0 Å². The second kappa shape index (κ2) is 6.36. The minimum atomic E-state index is -0.967. The van der Waals surface area contributed by atoms with Gasteiger partial charge in [-0.3, -0.25) is 14.4 Å². The molecule has 0 bridgehead atoms. The number of pyridine rings is 1. The number of aromatic amines is 1. The summed E-state index contributed by atoms with van der Waals surface area (Å²) in [5.74, 6) is -1.41. The van der Waals surface area contributed by atoms with Crippen LogP contribution in [-0.2, 0) is 4.79 Å². The molecule has 1 rings (SSSR count). The van der Waals surface area contributed by atoms with Crippen LogP contribution in [0.2, 0.25) is 0 Å². The van der Waals surface area contributed by atoms with Crippen molar-refractivity contribution in [2.24, 2.45) is 5.41 Å². The topological polar surface area (TPSA) is 99.3 Å². The summed E-state index contributed by atoms with van der Waals surface area (Å²) in [6.07, 6.45) is 1.77. The number of aliphatic carboxylic acids is 1. The van der Waals surface area contributed by atoms with Crippen molar-refractivity contribution >= 4 is 11.9 Å². The standard InChI is InChI=1S/C14H20N2O4/c1-14(2,3)8-10(7-12(18)19)16-13(20)9-4-5-15-11(17)6-9/h4-6,10H,7-8H2,1-3H3,(H,15,17)(H,16,20)(H,18,19). The first-order valence-electron chi connectivity index (χ1n) is 6.39. The van der Waals surface area contributed by atoms with Gasteiger partial charge >= 0.3 is 5.97 Å². The van der Waals surface area contributed by atoms with E-state index in [9.17, 15) is 14.4 Å². The van der Waals surface area contributed by atoms with Gasteiger partial charge in [0.1, 0.15) is 0 Å². The molecule has 110 valence electrons. The number of nitrogens with one attached hydrogen (secondary N) is 2. The summed E-state index contributed by atoms with van der Waals surface area (Å²) in [4.78, 5) is 36.5. The smallest absolute Gasteiger partial charge is 0.305 e. The van der Waals surface area contributed by atoms with Crippen molar-refractivity contribution in [3.05, 3.63) is 34.2 Å². The van der Waals surface area contributed by atoms with Crippen LogP contribution in [0.5, 0.6) is 0 Å². The lowest BCUT2D eigenvalue weighted by molar-refractivity contribution is -0.137. The Kier molecular flexibility index (Phi) is 5.07. The van der Waals surface area contributed by atoms with Crippen LogP contribution < -0.4 is 10.9 Å². The van der Waals surface area contributed by atoms with Crippen LogP contribution in [0.3, 0.4) is 0 Å². The molecule has 1 atom stereocenters. The fourth-order valence-corrected chi connectivity index (χ4v) is 1.98. The second-order valence-electron chi connectivity index (χ2n) is 5.97. The van der Waals surface area contributed by atoms with E-state index in [1.807, 2.05) is 20.8 Å². The van der Waals surface area contributed by atoms with Gasteiger partial charge in [0, 0.05) is 23.9 Å². The van der Waals surface area contributed by atoms with Crippen LogP contribution in [0.1, 0.15) is 44.0 Å². The van der Waals surface area contributed by atoms with Gasteiger partial charge in [-0.2, -0.15) is 0 Å². The van der Waals surface area contributed by atoms with E-state index in [2.05, 4.69) is 10.3 Å². The highest BCUT2D eigenvalue weighted by molar-refractivity contribution is 5.94. The van der Waals surface area contributed by atoms with E-state index in [-0.39, 0.29) is 23.0 Å². The normalized spacial score (nSPS) is 12.8. The van der Waals surface area contributed by atoms with Gasteiger partial charge in [-0.05, 0) is 17.9 Å². The van der Waals surface area contributed by atoms with Crippen molar-refractivity contribution in [2.45, 2.75) is 39.7 Å². The third-order valence-corrected chi connectivity index (χ3v) is 2.65. The third-order valence-electron chi connectivity index (χ3n) is 2.65. The number of carboxylic acid groups (broad SMARTS) is 1. The molecule has 0 aliphatic heterocycles. The minimum Gasteiger partial charge on any atom is -0.481 e. The number of carboxylic acids is 1. The number of H-pyrrole nitrogens is 1. The number of amides is 1. The van der Waals surface area contributed by atoms with Crippen molar-refractivity contribution < 1.29 is 14.7 Å². The Morgan fingerprint density at radius 1 is 1.40 bits per heavy atom. The molecular weight excluding hydrogens is 260 g/mol. The van der Waals surface area contributed by atoms with E-state index in [0.29, 0.717) is 6.42 Å². The first-order valence-corrected chi connectivity index (χ1v) is 6.39. The number of hydrogen-bond acceptors (Lipinski definition) is 3. The van der Waals surface area contributed by atoms with Gasteiger partial charge in [-0.15, -0.1) is 0 Å². The summed E-state index contributed by atoms with van der Waals surface area (Å²) in [7, 11) is 0. The molecule has 0 saturated carbocycles. The summed E-state index contributed by atoms with van der Waals surface area (Å²) in [6.45, 7) is 5.92. The van der Waals surface area contributed by atoms with Crippen LogP contribution in [0, 0.1) is 5.41 Å². The molecule has 0 spiro atoms. The largest absolute Gasteiger partial charge is 0.481 e. The summed E-state index contributed by atoms with van der Waals surface area (Å²) in [6, 6.07) is 2.19. The van der Waals surface area contributed by atoms with Gasteiger partial charge < -0.3 is 15.4 Å². The van der Waals surface area contributed by atoms with Gasteiger partial charge in [-0.25, -0.2) is 0 Å². The first kappa shape index (κ1) is 15.9. The molecule has 0 radical (unpaired) electrons. The molecule has 1 heterocycles. The monoisotopic (exact) mass is 280 g/mol. The lowest BCUT2D eigenvalue weighted by Crippen LogP contribution is -2.39. The molecule has 1 aromatic rings. The molecule has 0 aliphatic carbocycles. The summed E-state index contributed by atoms with van der Waals surface area (Å²) in [5, 5.41) is 11.6. The van der Waals surface area contributed by atoms with Crippen LogP contribution in [0.15, 0.2) is 23.1 Å². The lowest BCUT2D eigenvalue weighted by Gasteiger charge is -2.25. The number of hydrogen-bond donors (Lipinski definition) is 3. The Balaban J connectivity index is 2.81. The van der Waals surface area contributed by atoms with Crippen molar-refractivity contribution in [3.63, 3.8) is 0 Å². The summed E-state index contributed by atoms with van der Waals surface area (Å²) < 4.78 is 0. The average Bonchev–Trinajstić information content (AvgIpc) is 2.25. The van der Waals surface area contributed by atoms with E-state index in [1.54, 1.807) is 0 Å². The zero-order valence-corrected chi connectivity index (χ0v) is 11.9. The fourth-order valence-electron chi connectivity index (χ4n) is 1.98. The molecule has 1 amide bonds. The molecule has 0 aliphatic rings. The molecule has 0 fully saturated rings. The van der Waals surface area contributed by atoms with Crippen molar-refractivity contribution in [1.29, 1.82) is 0 Å². The third kappa shape index (κ3) is 5.69. The molecule has 1 aromatic heterocycles. The van der Waals surface area contributed by atoms with E-state index in [4.69, 9.17) is 5.11 Å². The zero-order chi connectivity index (χ0) is 15.3. The molecule has 1 unspecified atom stereocenters. The van der Waals surface area contributed by atoms with Gasteiger partial charge in [0.05, 0.1) is 6.42 Å². The summed E-state index contributed by atoms with van der Waals surface area (Å²) >= 11 is 0. The highest BCUT2D eigenvalue weighted by atomic mass is 16.4. The number of rotatable bonds is 5. The SMILES string of the molecule is CC(C)(C)CC(CC(=O)O)NC(=O)c1cc[nH]c(=O)c1. The van der Waals surface area contributed by atoms with E-state index < -0.39 is 17.9 Å². The Hall–Kier alpha value is -2.11. The van der Waals surface area contributed by atoms with Crippen molar-refractivity contribution in [1.82, 2.24) is 10.3 Å². The number of aromatic nitrogens is 1. The van der Waals surface area contributed by atoms with Gasteiger partial charge in [0.2, 0.25) is 5.56 Å². The maximum absolute atomic E-state index is 12.0. The fraction of sp³-hybridized carbons (Fsp3) is 0.500. The Labute approximate surface area is 117 Å². The first-order chi connectivity index (χ1) is 9.17. The maximum atomic E-state index is 12.0. The van der Waals surface area contributed by atoms with E-state index >= 15 is 0 Å². The van der Waals surface area contributed by atoms with Crippen molar-refractivity contribution in [2.75, 3.05) is 0 Å². The molecule has 6 nitrogen and oxygen atoms in total.